The Morgan fingerprint density at radius 3 is 2.53 bits per heavy atom. The average Bonchev–Trinajstić information content (AvgIpc) is 2.14. The van der Waals surface area contributed by atoms with E-state index in [1.54, 1.807) is 6.92 Å². The number of hydrogen-bond acceptors (Lipinski definition) is 4. The topological polar surface area (TPSA) is 66.3 Å². The van der Waals surface area contributed by atoms with Gasteiger partial charge in [0, 0.05) is 19.8 Å². The summed E-state index contributed by atoms with van der Waals surface area (Å²) >= 11 is 0. The molecule has 0 bridgehead atoms. The smallest absolute Gasteiger partial charge is 0.341 e. The van der Waals surface area contributed by atoms with Gasteiger partial charge in [0.25, 0.3) is 0 Å². The fourth-order valence-corrected chi connectivity index (χ4v) is 1.69. The van der Waals surface area contributed by atoms with Gasteiger partial charge in [-0.15, -0.1) is 0 Å². The second-order valence-electron chi connectivity index (χ2n) is 5.38. The summed E-state index contributed by atoms with van der Waals surface area (Å²) in [4.78, 5) is 21.1. The van der Waals surface area contributed by atoms with Crippen molar-refractivity contribution in [1.82, 2.24) is 9.97 Å². The molecule has 0 radical (unpaired) electrons. The van der Waals surface area contributed by atoms with E-state index in [4.69, 9.17) is 5.11 Å². The van der Waals surface area contributed by atoms with Gasteiger partial charge in [0.1, 0.15) is 17.2 Å². The van der Waals surface area contributed by atoms with E-state index in [0.29, 0.717) is 11.6 Å². The van der Waals surface area contributed by atoms with E-state index in [9.17, 15) is 4.79 Å². The van der Waals surface area contributed by atoms with E-state index in [1.807, 2.05) is 11.9 Å². The lowest BCUT2D eigenvalue weighted by atomic mass is 9.96. The molecular formula is C12H19N3O2. The third-order valence-electron chi connectivity index (χ3n) is 2.19. The van der Waals surface area contributed by atoms with Gasteiger partial charge in [0.15, 0.2) is 0 Å². The fraction of sp³-hybridized carbons (Fsp3) is 0.583. The average molecular weight is 237 g/mol. The van der Waals surface area contributed by atoms with Gasteiger partial charge >= 0.3 is 5.97 Å². The van der Waals surface area contributed by atoms with E-state index < -0.39 is 5.97 Å². The molecule has 1 rings (SSSR count). The van der Waals surface area contributed by atoms with Crippen LogP contribution in [0, 0.1) is 12.3 Å². The molecule has 0 aromatic carbocycles. The van der Waals surface area contributed by atoms with Gasteiger partial charge in [0.2, 0.25) is 0 Å². The van der Waals surface area contributed by atoms with Crippen LogP contribution in [0.1, 0.15) is 37.0 Å². The highest BCUT2D eigenvalue weighted by Gasteiger charge is 2.20. The van der Waals surface area contributed by atoms with Gasteiger partial charge in [0.05, 0.1) is 0 Å². The highest BCUT2D eigenvalue weighted by molar-refractivity contribution is 5.92. The lowest BCUT2D eigenvalue weighted by molar-refractivity contribution is 0.0696. The van der Waals surface area contributed by atoms with Gasteiger partial charge in [-0.3, -0.25) is 0 Å². The van der Waals surface area contributed by atoms with Crippen molar-refractivity contribution in [3.63, 3.8) is 0 Å². The predicted octanol–water partition coefficient (Wildman–Crippen LogP) is 1.97. The molecule has 1 heterocycles. The number of nitrogens with zero attached hydrogens (tertiary/aromatic N) is 3. The lowest BCUT2D eigenvalue weighted by Gasteiger charge is -2.28. The molecule has 1 N–H and O–H groups in total. The molecule has 0 aliphatic heterocycles. The molecule has 0 unspecified atom stereocenters. The molecule has 0 aliphatic rings. The van der Waals surface area contributed by atoms with Crippen molar-refractivity contribution in [3.8, 4) is 0 Å². The van der Waals surface area contributed by atoms with Gasteiger partial charge < -0.3 is 10.0 Å². The van der Waals surface area contributed by atoms with E-state index in [0.717, 1.165) is 6.54 Å². The normalized spacial score (nSPS) is 11.4. The maximum absolute atomic E-state index is 11.1. The summed E-state index contributed by atoms with van der Waals surface area (Å²) in [5, 5.41) is 9.10. The third-order valence-corrected chi connectivity index (χ3v) is 2.19. The number of aromatic carboxylic acids is 1. The van der Waals surface area contributed by atoms with Crippen LogP contribution in [0.15, 0.2) is 6.20 Å². The molecule has 1 aromatic heterocycles. The second-order valence-corrected chi connectivity index (χ2v) is 5.38. The molecule has 0 atom stereocenters. The van der Waals surface area contributed by atoms with Crippen molar-refractivity contribution in [2.45, 2.75) is 27.7 Å². The van der Waals surface area contributed by atoms with Crippen molar-refractivity contribution in [2.24, 2.45) is 5.41 Å². The summed E-state index contributed by atoms with van der Waals surface area (Å²) in [6.07, 6.45) is 1.36. The quantitative estimate of drug-likeness (QED) is 0.870. The third kappa shape index (κ3) is 3.69. The van der Waals surface area contributed by atoms with Crippen LogP contribution in [-0.2, 0) is 0 Å². The standard InChI is InChI=1S/C12H19N3O2/c1-8-13-6-9(11(16)17)10(14-8)15(5)7-12(2,3)4/h6H,7H2,1-5H3,(H,16,17). The molecule has 0 aliphatic carbocycles. The van der Waals surface area contributed by atoms with Crippen molar-refractivity contribution < 1.29 is 9.90 Å². The highest BCUT2D eigenvalue weighted by Crippen LogP contribution is 2.21. The second kappa shape index (κ2) is 4.69. The molecule has 5 heteroatoms. The Hall–Kier alpha value is -1.65. The number of hydrogen-bond donors (Lipinski definition) is 1. The van der Waals surface area contributed by atoms with Gasteiger partial charge in [-0.05, 0) is 12.3 Å². The number of aryl methyl sites for hydroxylation is 1. The van der Waals surface area contributed by atoms with Crippen LogP contribution in [0.4, 0.5) is 5.82 Å². The SMILES string of the molecule is Cc1ncc(C(=O)O)c(N(C)CC(C)(C)C)n1. The Bertz CT molecular complexity index is 424. The molecule has 1 aromatic rings. The van der Waals surface area contributed by atoms with Gasteiger partial charge in [-0.25, -0.2) is 14.8 Å². The summed E-state index contributed by atoms with van der Waals surface area (Å²) in [6.45, 7) is 8.76. The maximum atomic E-state index is 11.1. The van der Waals surface area contributed by atoms with E-state index in [1.165, 1.54) is 6.20 Å². The molecule has 0 saturated heterocycles. The van der Waals surface area contributed by atoms with Crippen molar-refractivity contribution in [1.29, 1.82) is 0 Å². The largest absolute Gasteiger partial charge is 0.477 e. The number of carboxylic acid groups (broad SMARTS) is 1. The van der Waals surface area contributed by atoms with Crippen LogP contribution in [0.25, 0.3) is 0 Å². The number of aromatic nitrogens is 2. The summed E-state index contributed by atoms with van der Waals surface area (Å²) in [5.41, 5.74) is 0.214. The number of rotatable bonds is 3. The highest BCUT2D eigenvalue weighted by atomic mass is 16.4. The van der Waals surface area contributed by atoms with Crippen molar-refractivity contribution in [2.75, 3.05) is 18.5 Å². The first-order chi connectivity index (χ1) is 7.70. The van der Waals surface area contributed by atoms with Crippen LogP contribution in [0.3, 0.4) is 0 Å². The van der Waals surface area contributed by atoms with Gasteiger partial charge in [-0.2, -0.15) is 0 Å². The first kappa shape index (κ1) is 13.4. The molecule has 94 valence electrons. The van der Waals surface area contributed by atoms with Crippen LogP contribution < -0.4 is 4.90 Å². The van der Waals surface area contributed by atoms with Crippen LogP contribution >= 0.6 is 0 Å². The predicted molar refractivity (Wildman–Crippen MR) is 66.5 cm³/mol. The Morgan fingerprint density at radius 2 is 2.06 bits per heavy atom. The fourth-order valence-electron chi connectivity index (χ4n) is 1.69. The molecule has 5 nitrogen and oxygen atoms in total. The van der Waals surface area contributed by atoms with Crippen LogP contribution in [0.2, 0.25) is 0 Å². The Labute approximate surface area is 102 Å². The molecule has 0 saturated carbocycles. The zero-order valence-corrected chi connectivity index (χ0v) is 11.0. The Morgan fingerprint density at radius 1 is 1.47 bits per heavy atom. The van der Waals surface area contributed by atoms with Crippen LogP contribution in [0.5, 0.6) is 0 Å². The zero-order valence-electron chi connectivity index (χ0n) is 11.0. The van der Waals surface area contributed by atoms with Crippen molar-refractivity contribution in [3.05, 3.63) is 17.6 Å². The first-order valence-corrected chi connectivity index (χ1v) is 5.49. The number of carbonyl (C=O) groups is 1. The van der Waals surface area contributed by atoms with Crippen LogP contribution in [-0.4, -0.2) is 34.6 Å². The summed E-state index contributed by atoms with van der Waals surface area (Å²) in [6, 6.07) is 0. The number of anilines is 1. The minimum Gasteiger partial charge on any atom is -0.477 e. The van der Waals surface area contributed by atoms with E-state index in [2.05, 4.69) is 30.7 Å². The summed E-state index contributed by atoms with van der Waals surface area (Å²) < 4.78 is 0. The summed E-state index contributed by atoms with van der Waals surface area (Å²) in [7, 11) is 1.85. The van der Waals surface area contributed by atoms with E-state index >= 15 is 0 Å². The minimum atomic E-state index is -0.999. The Balaban J connectivity index is 3.10. The first-order valence-electron chi connectivity index (χ1n) is 5.49. The number of carboxylic acids is 1. The maximum Gasteiger partial charge on any atom is 0.341 e. The zero-order chi connectivity index (χ0) is 13.2. The lowest BCUT2D eigenvalue weighted by Crippen LogP contribution is -2.31. The molecule has 0 spiro atoms. The van der Waals surface area contributed by atoms with Gasteiger partial charge in [-0.1, -0.05) is 20.8 Å². The Kier molecular flexibility index (Phi) is 3.70. The molecule has 0 amide bonds. The minimum absolute atomic E-state index is 0.0728. The summed E-state index contributed by atoms with van der Waals surface area (Å²) in [5.74, 6) is 0.0476. The van der Waals surface area contributed by atoms with E-state index in [-0.39, 0.29) is 11.0 Å². The molecule has 0 fully saturated rings. The molecular weight excluding hydrogens is 218 g/mol. The molecule has 17 heavy (non-hydrogen) atoms. The monoisotopic (exact) mass is 237 g/mol. The van der Waals surface area contributed by atoms with Crippen molar-refractivity contribution >= 4 is 11.8 Å².